The zero-order valence-corrected chi connectivity index (χ0v) is 10.7. The van der Waals surface area contributed by atoms with E-state index in [-0.39, 0.29) is 11.7 Å². The second-order valence-corrected chi connectivity index (χ2v) is 4.78. The molecule has 0 radical (unpaired) electrons. The number of Topliss-reactive ketones (excluding diaryl/α,β-unsaturated/α-hetero) is 1. The minimum atomic E-state index is -4.40. The van der Waals surface area contributed by atoms with Crippen LogP contribution in [0.15, 0.2) is 29.3 Å². The number of nitrogens with zero attached hydrogens (tertiary/aromatic N) is 1. The predicted octanol–water partition coefficient (Wildman–Crippen LogP) is 3.47. The van der Waals surface area contributed by atoms with Gasteiger partial charge in [-0.15, -0.1) is 0 Å². The molecule has 0 saturated heterocycles. The molecule has 0 bridgehead atoms. The number of carbonyl (C=O) groups is 1. The van der Waals surface area contributed by atoms with Gasteiger partial charge in [0.15, 0.2) is 0 Å². The minimum Gasteiger partial charge on any atom is -0.298 e. The Morgan fingerprint density at radius 3 is 2.58 bits per heavy atom. The first kappa shape index (κ1) is 13.8. The van der Waals surface area contributed by atoms with Crippen LogP contribution in [0.3, 0.4) is 0 Å². The SMILES string of the molecule is CN=C1CC(C)C(=O)C1c1cccc(C(F)(F)F)c1. The molecule has 1 aromatic carbocycles. The predicted molar refractivity (Wildman–Crippen MR) is 66.3 cm³/mol. The lowest BCUT2D eigenvalue weighted by molar-refractivity contribution is -0.137. The second-order valence-electron chi connectivity index (χ2n) is 4.78. The summed E-state index contributed by atoms with van der Waals surface area (Å²) < 4.78 is 38.1. The van der Waals surface area contributed by atoms with Crippen LogP contribution in [0, 0.1) is 5.92 Å². The Labute approximate surface area is 109 Å². The summed E-state index contributed by atoms with van der Waals surface area (Å²) in [5.41, 5.74) is 0.314. The summed E-state index contributed by atoms with van der Waals surface area (Å²) in [7, 11) is 1.57. The summed E-state index contributed by atoms with van der Waals surface area (Å²) in [4.78, 5) is 16.1. The molecule has 1 saturated carbocycles. The number of ketones is 1. The van der Waals surface area contributed by atoms with E-state index in [0.29, 0.717) is 17.7 Å². The summed E-state index contributed by atoms with van der Waals surface area (Å²) in [6, 6.07) is 4.95. The molecule has 102 valence electrons. The van der Waals surface area contributed by atoms with Gasteiger partial charge >= 0.3 is 6.18 Å². The van der Waals surface area contributed by atoms with Crippen LogP contribution in [-0.4, -0.2) is 18.5 Å². The highest BCUT2D eigenvalue weighted by Gasteiger charge is 2.38. The summed E-state index contributed by atoms with van der Waals surface area (Å²) in [5, 5.41) is 0. The van der Waals surface area contributed by atoms with Crippen molar-refractivity contribution in [3.8, 4) is 0 Å². The maximum atomic E-state index is 12.7. The molecular formula is C14H14F3NO. The summed E-state index contributed by atoms with van der Waals surface area (Å²) in [6.07, 6.45) is -3.87. The number of aliphatic imine (C=N–C) groups is 1. The average Bonchev–Trinajstić information content (AvgIpc) is 2.64. The zero-order valence-electron chi connectivity index (χ0n) is 10.7. The van der Waals surface area contributed by atoms with Crippen LogP contribution in [-0.2, 0) is 11.0 Å². The van der Waals surface area contributed by atoms with Gasteiger partial charge in [-0.05, 0) is 18.1 Å². The molecule has 0 aromatic heterocycles. The molecule has 1 aromatic rings. The molecule has 0 spiro atoms. The molecule has 1 aliphatic carbocycles. The maximum absolute atomic E-state index is 12.7. The second kappa shape index (κ2) is 4.79. The van der Waals surface area contributed by atoms with Gasteiger partial charge in [0.25, 0.3) is 0 Å². The van der Waals surface area contributed by atoms with E-state index in [2.05, 4.69) is 4.99 Å². The van der Waals surface area contributed by atoms with Gasteiger partial charge in [-0.3, -0.25) is 9.79 Å². The van der Waals surface area contributed by atoms with Crippen LogP contribution in [0.25, 0.3) is 0 Å². The molecule has 2 unspecified atom stereocenters. The Hall–Kier alpha value is -1.65. The third-order valence-electron chi connectivity index (χ3n) is 3.45. The van der Waals surface area contributed by atoms with Crippen molar-refractivity contribution in [1.29, 1.82) is 0 Å². The smallest absolute Gasteiger partial charge is 0.298 e. The first-order chi connectivity index (χ1) is 8.84. The number of hydrogen-bond donors (Lipinski definition) is 0. The van der Waals surface area contributed by atoms with E-state index >= 15 is 0 Å². The van der Waals surface area contributed by atoms with Crippen LogP contribution in [0.2, 0.25) is 0 Å². The van der Waals surface area contributed by atoms with Crippen molar-refractivity contribution in [2.24, 2.45) is 10.9 Å². The van der Waals surface area contributed by atoms with E-state index in [9.17, 15) is 18.0 Å². The Balaban J connectivity index is 2.44. The molecule has 5 heteroatoms. The van der Waals surface area contributed by atoms with Crippen molar-refractivity contribution in [3.63, 3.8) is 0 Å². The molecule has 1 fully saturated rings. The monoisotopic (exact) mass is 269 g/mol. The fourth-order valence-corrected chi connectivity index (χ4v) is 2.45. The van der Waals surface area contributed by atoms with Crippen LogP contribution in [0.1, 0.15) is 30.4 Å². The lowest BCUT2D eigenvalue weighted by Crippen LogP contribution is -2.15. The molecule has 0 heterocycles. The number of hydrogen-bond acceptors (Lipinski definition) is 2. The summed E-state index contributed by atoms with van der Waals surface area (Å²) in [6.45, 7) is 1.78. The molecule has 0 N–H and O–H groups in total. The van der Waals surface area contributed by atoms with Gasteiger partial charge in [-0.2, -0.15) is 13.2 Å². The van der Waals surface area contributed by atoms with E-state index in [1.165, 1.54) is 6.07 Å². The van der Waals surface area contributed by atoms with Gasteiger partial charge in [0, 0.05) is 18.7 Å². The Bertz CT molecular complexity index is 534. The minimum absolute atomic E-state index is 0.0556. The third-order valence-corrected chi connectivity index (χ3v) is 3.45. The fraction of sp³-hybridized carbons (Fsp3) is 0.429. The normalized spacial score (nSPS) is 26.2. The van der Waals surface area contributed by atoms with E-state index < -0.39 is 17.7 Å². The molecular weight excluding hydrogens is 255 g/mol. The van der Waals surface area contributed by atoms with Crippen LogP contribution < -0.4 is 0 Å². The van der Waals surface area contributed by atoms with Gasteiger partial charge in [0.1, 0.15) is 5.78 Å². The van der Waals surface area contributed by atoms with Gasteiger partial charge in [0.2, 0.25) is 0 Å². The number of alkyl halides is 3. The van der Waals surface area contributed by atoms with Gasteiger partial charge in [-0.1, -0.05) is 25.1 Å². The average molecular weight is 269 g/mol. The molecule has 19 heavy (non-hydrogen) atoms. The molecule has 0 aliphatic heterocycles. The van der Waals surface area contributed by atoms with Crippen LogP contribution >= 0.6 is 0 Å². The number of carbonyl (C=O) groups excluding carboxylic acids is 1. The molecule has 2 nitrogen and oxygen atoms in total. The van der Waals surface area contributed by atoms with E-state index in [4.69, 9.17) is 0 Å². The van der Waals surface area contributed by atoms with Crippen molar-refractivity contribution in [2.45, 2.75) is 25.4 Å². The quantitative estimate of drug-likeness (QED) is 0.767. The van der Waals surface area contributed by atoms with Crippen molar-refractivity contribution in [1.82, 2.24) is 0 Å². The molecule has 2 atom stereocenters. The Morgan fingerprint density at radius 1 is 1.32 bits per heavy atom. The van der Waals surface area contributed by atoms with Crippen molar-refractivity contribution in [2.75, 3.05) is 7.05 Å². The van der Waals surface area contributed by atoms with Crippen LogP contribution in [0.5, 0.6) is 0 Å². The summed E-state index contributed by atoms with van der Waals surface area (Å²) >= 11 is 0. The highest BCUT2D eigenvalue weighted by molar-refractivity contribution is 6.16. The maximum Gasteiger partial charge on any atom is 0.416 e. The number of halogens is 3. The highest BCUT2D eigenvalue weighted by atomic mass is 19.4. The van der Waals surface area contributed by atoms with Gasteiger partial charge in [0.05, 0.1) is 11.5 Å². The third kappa shape index (κ3) is 2.55. The van der Waals surface area contributed by atoms with Gasteiger partial charge in [-0.25, -0.2) is 0 Å². The molecule has 2 rings (SSSR count). The first-order valence-corrected chi connectivity index (χ1v) is 6.01. The summed E-state index contributed by atoms with van der Waals surface area (Å²) in [5.74, 6) is -0.861. The topological polar surface area (TPSA) is 29.4 Å². The highest BCUT2D eigenvalue weighted by Crippen LogP contribution is 2.36. The van der Waals surface area contributed by atoms with Gasteiger partial charge < -0.3 is 0 Å². The van der Waals surface area contributed by atoms with E-state index in [1.54, 1.807) is 20.0 Å². The van der Waals surface area contributed by atoms with Crippen molar-refractivity contribution >= 4 is 11.5 Å². The molecule has 0 amide bonds. The lowest BCUT2D eigenvalue weighted by atomic mass is 9.93. The Kier molecular flexibility index (Phi) is 3.47. The van der Waals surface area contributed by atoms with E-state index in [1.807, 2.05) is 0 Å². The zero-order chi connectivity index (χ0) is 14.2. The number of rotatable bonds is 1. The standard InChI is InChI=1S/C14H14F3NO/c1-8-6-11(18-2)12(13(8)19)9-4-3-5-10(7-9)14(15,16)17/h3-5,7-8,12H,6H2,1-2H3. The number of benzene rings is 1. The van der Waals surface area contributed by atoms with Crippen molar-refractivity contribution < 1.29 is 18.0 Å². The van der Waals surface area contributed by atoms with Crippen LogP contribution in [0.4, 0.5) is 13.2 Å². The van der Waals surface area contributed by atoms with Crippen molar-refractivity contribution in [3.05, 3.63) is 35.4 Å². The van der Waals surface area contributed by atoms with E-state index in [0.717, 1.165) is 12.1 Å². The lowest BCUT2D eigenvalue weighted by Gasteiger charge is -2.13. The largest absolute Gasteiger partial charge is 0.416 e. The Morgan fingerprint density at radius 2 is 2.00 bits per heavy atom. The first-order valence-electron chi connectivity index (χ1n) is 6.01. The molecule has 1 aliphatic rings. The fourth-order valence-electron chi connectivity index (χ4n) is 2.45.